The maximum absolute atomic E-state index is 13.4. The number of nitrogens with one attached hydrogen (secondary N) is 1. The zero-order chi connectivity index (χ0) is 24.0. The Kier molecular flexibility index (Phi) is 5.89. The average Bonchev–Trinajstić information content (AvgIpc) is 3.47. The minimum atomic E-state index is -0.454. The number of carbonyl (C=O) groups excluding carboxylic acids is 2. The van der Waals surface area contributed by atoms with Gasteiger partial charge in [-0.05, 0) is 44.7 Å². The quantitative estimate of drug-likeness (QED) is 0.604. The number of carbonyl (C=O) groups is 2. The molecule has 2 amide bonds. The first kappa shape index (κ1) is 22.6. The number of imidazole rings is 1. The van der Waals surface area contributed by atoms with Gasteiger partial charge >= 0.3 is 0 Å². The molecule has 1 atom stereocenters. The number of anilines is 1. The smallest absolute Gasteiger partial charge is 0.254 e. The Morgan fingerprint density at radius 1 is 1.21 bits per heavy atom. The van der Waals surface area contributed by atoms with E-state index in [1.165, 1.54) is 6.42 Å². The highest BCUT2D eigenvalue weighted by Gasteiger charge is 2.29. The van der Waals surface area contributed by atoms with Crippen LogP contribution < -0.4 is 5.32 Å². The van der Waals surface area contributed by atoms with Crippen molar-refractivity contribution in [3.8, 4) is 0 Å². The molecule has 1 aliphatic carbocycles. The Morgan fingerprint density at radius 2 is 2.00 bits per heavy atom. The van der Waals surface area contributed by atoms with Crippen LogP contribution in [-0.2, 0) is 30.2 Å². The second kappa shape index (κ2) is 8.87. The van der Waals surface area contributed by atoms with Crippen molar-refractivity contribution in [3.05, 3.63) is 41.0 Å². The van der Waals surface area contributed by atoms with Gasteiger partial charge < -0.3 is 19.5 Å². The fraction of sp³-hybridized carbons (Fsp3) is 0.520. The molecule has 1 aromatic carbocycles. The van der Waals surface area contributed by atoms with Gasteiger partial charge in [0.05, 0.1) is 22.4 Å². The molecule has 2 aliphatic rings. The van der Waals surface area contributed by atoms with E-state index in [9.17, 15) is 9.59 Å². The number of hydrogen-bond acceptors (Lipinski definition) is 5. The molecule has 3 heterocycles. The number of aryl methyl sites for hydroxylation is 3. The first-order valence-electron chi connectivity index (χ1n) is 12.0. The minimum Gasteiger partial charge on any atom is -0.368 e. The van der Waals surface area contributed by atoms with Crippen molar-refractivity contribution >= 4 is 28.5 Å². The first-order chi connectivity index (χ1) is 16.3. The van der Waals surface area contributed by atoms with Crippen LogP contribution >= 0.6 is 0 Å². The molecule has 1 saturated carbocycles. The summed E-state index contributed by atoms with van der Waals surface area (Å²) in [4.78, 5) is 32.9. The molecule has 9 heteroatoms. The fourth-order valence-corrected chi connectivity index (χ4v) is 4.97. The molecule has 5 rings (SSSR count). The Balaban J connectivity index is 1.50. The molecule has 0 radical (unpaired) electrons. The molecule has 3 aromatic rings. The van der Waals surface area contributed by atoms with E-state index in [1.54, 1.807) is 22.7 Å². The molecule has 2 fully saturated rings. The highest BCUT2D eigenvalue weighted by Crippen LogP contribution is 2.38. The zero-order valence-corrected chi connectivity index (χ0v) is 20.3. The predicted molar refractivity (Wildman–Crippen MR) is 129 cm³/mol. The standard InChI is InChI=1S/C25H32N6O3/c1-15-18(14-30(3)28-15)13-29(2)25(33)17-11-19-22(31(4)23(26-19)16-7-5-8-16)20(12-17)27-24(32)21-9-6-10-34-21/h11-12,14,16,21H,5-10,13H2,1-4H3,(H,27,32)/t21-/m0/s1. The molecule has 180 valence electrons. The van der Waals surface area contributed by atoms with E-state index in [4.69, 9.17) is 9.72 Å². The molecule has 2 aromatic heterocycles. The molecule has 0 spiro atoms. The molecular formula is C25H32N6O3. The Bertz CT molecular complexity index is 1250. The lowest BCUT2D eigenvalue weighted by molar-refractivity contribution is -0.124. The summed E-state index contributed by atoms with van der Waals surface area (Å²) in [5, 5.41) is 7.41. The Morgan fingerprint density at radius 3 is 2.62 bits per heavy atom. The zero-order valence-electron chi connectivity index (χ0n) is 20.3. The van der Waals surface area contributed by atoms with Crippen LogP contribution in [0.3, 0.4) is 0 Å². The third-order valence-corrected chi connectivity index (χ3v) is 7.07. The van der Waals surface area contributed by atoms with Crippen molar-refractivity contribution in [3.63, 3.8) is 0 Å². The number of benzene rings is 1. The number of fused-ring (bicyclic) bond motifs is 1. The van der Waals surface area contributed by atoms with E-state index in [0.29, 0.717) is 36.7 Å². The van der Waals surface area contributed by atoms with Gasteiger partial charge in [0.15, 0.2) is 0 Å². The van der Waals surface area contributed by atoms with Crippen LogP contribution in [0.25, 0.3) is 11.0 Å². The van der Waals surface area contributed by atoms with Crippen molar-refractivity contribution < 1.29 is 14.3 Å². The Hall–Kier alpha value is -3.20. The van der Waals surface area contributed by atoms with Gasteiger partial charge in [0, 0.05) is 57.5 Å². The van der Waals surface area contributed by atoms with Crippen LogP contribution in [0.5, 0.6) is 0 Å². The summed E-state index contributed by atoms with van der Waals surface area (Å²) in [6, 6.07) is 3.62. The second-order valence-electron chi connectivity index (χ2n) is 9.61. The monoisotopic (exact) mass is 464 g/mol. The molecule has 0 unspecified atom stereocenters. The third-order valence-electron chi connectivity index (χ3n) is 7.07. The van der Waals surface area contributed by atoms with Crippen LogP contribution in [0.4, 0.5) is 5.69 Å². The van der Waals surface area contributed by atoms with Crippen molar-refractivity contribution in [2.24, 2.45) is 14.1 Å². The summed E-state index contributed by atoms with van der Waals surface area (Å²) in [6.45, 7) is 2.99. The molecule has 1 saturated heterocycles. The van der Waals surface area contributed by atoms with Crippen LogP contribution in [0.1, 0.15) is 65.5 Å². The van der Waals surface area contributed by atoms with Gasteiger partial charge in [0.25, 0.3) is 11.8 Å². The lowest BCUT2D eigenvalue weighted by Crippen LogP contribution is -2.28. The number of hydrogen-bond donors (Lipinski definition) is 1. The molecule has 34 heavy (non-hydrogen) atoms. The predicted octanol–water partition coefficient (Wildman–Crippen LogP) is 3.27. The molecule has 1 aliphatic heterocycles. The van der Waals surface area contributed by atoms with E-state index >= 15 is 0 Å². The maximum Gasteiger partial charge on any atom is 0.254 e. The fourth-order valence-electron chi connectivity index (χ4n) is 4.97. The molecule has 9 nitrogen and oxygen atoms in total. The SMILES string of the molecule is Cc1nn(C)cc1CN(C)C(=O)c1cc(NC(=O)[C@@H]2CCCO2)c2c(c1)nc(C1CCC1)n2C. The minimum absolute atomic E-state index is 0.131. The summed E-state index contributed by atoms with van der Waals surface area (Å²) in [5.74, 6) is 1.13. The number of amides is 2. The maximum atomic E-state index is 13.4. The summed E-state index contributed by atoms with van der Waals surface area (Å²) in [7, 11) is 5.64. The van der Waals surface area contributed by atoms with Crippen LogP contribution in [0, 0.1) is 6.92 Å². The van der Waals surface area contributed by atoms with Gasteiger partial charge in [0.2, 0.25) is 0 Å². The third kappa shape index (κ3) is 4.09. The van der Waals surface area contributed by atoms with Crippen LogP contribution in [0.2, 0.25) is 0 Å². The van der Waals surface area contributed by atoms with E-state index < -0.39 is 6.10 Å². The molecular weight excluding hydrogens is 432 g/mol. The number of nitrogens with zero attached hydrogens (tertiary/aromatic N) is 5. The van der Waals surface area contributed by atoms with Gasteiger partial charge in [-0.1, -0.05) is 6.42 Å². The van der Waals surface area contributed by atoms with E-state index in [0.717, 1.165) is 47.4 Å². The first-order valence-corrected chi connectivity index (χ1v) is 12.0. The molecule has 0 bridgehead atoms. The largest absolute Gasteiger partial charge is 0.368 e. The normalized spacial score (nSPS) is 18.3. The number of aromatic nitrogens is 4. The van der Waals surface area contributed by atoms with Gasteiger partial charge in [-0.2, -0.15) is 5.10 Å². The van der Waals surface area contributed by atoms with Crippen molar-refractivity contribution in [1.82, 2.24) is 24.2 Å². The highest BCUT2D eigenvalue weighted by molar-refractivity contribution is 6.06. The number of rotatable bonds is 6. The van der Waals surface area contributed by atoms with Crippen molar-refractivity contribution in [1.29, 1.82) is 0 Å². The lowest BCUT2D eigenvalue weighted by Gasteiger charge is -2.24. The van der Waals surface area contributed by atoms with Crippen molar-refractivity contribution in [2.45, 2.75) is 57.6 Å². The summed E-state index contributed by atoms with van der Waals surface area (Å²) in [5.41, 5.74) is 4.57. The van der Waals surface area contributed by atoms with Crippen LogP contribution in [0.15, 0.2) is 18.3 Å². The molecule has 1 N–H and O–H groups in total. The van der Waals surface area contributed by atoms with Crippen molar-refractivity contribution in [2.75, 3.05) is 19.0 Å². The topological polar surface area (TPSA) is 94.3 Å². The van der Waals surface area contributed by atoms with Gasteiger partial charge in [-0.25, -0.2) is 4.98 Å². The van der Waals surface area contributed by atoms with E-state index in [-0.39, 0.29) is 11.8 Å². The Labute approximate surface area is 199 Å². The number of ether oxygens (including phenoxy) is 1. The lowest BCUT2D eigenvalue weighted by atomic mass is 9.85. The summed E-state index contributed by atoms with van der Waals surface area (Å²) >= 11 is 0. The second-order valence-corrected chi connectivity index (χ2v) is 9.61. The van der Waals surface area contributed by atoms with Gasteiger partial charge in [0.1, 0.15) is 11.9 Å². The average molecular weight is 465 g/mol. The van der Waals surface area contributed by atoms with E-state index in [2.05, 4.69) is 15.0 Å². The van der Waals surface area contributed by atoms with Crippen LogP contribution in [-0.4, -0.2) is 55.8 Å². The highest BCUT2D eigenvalue weighted by atomic mass is 16.5. The van der Waals surface area contributed by atoms with Gasteiger partial charge in [-0.3, -0.25) is 14.3 Å². The summed E-state index contributed by atoms with van der Waals surface area (Å²) < 4.78 is 9.40. The van der Waals surface area contributed by atoms with E-state index in [1.807, 2.05) is 33.3 Å². The van der Waals surface area contributed by atoms with Gasteiger partial charge in [-0.15, -0.1) is 0 Å². The summed E-state index contributed by atoms with van der Waals surface area (Å²) in [6.07, 6.45) is 6.51.